The van der Waals surface area contributed by atoms with Gasteiger partial charge < -0.3 is 14.2 Å². The van der Waals surface area contributed by atoms with Crippen LogP contribution in [0, 0.1) is 0 Å². The van der Waals surface area contributed by atoms with Crippen molar-refractivity contribution in [3.63, 3.8) is 0 Å². The van der Waals surface area contributed by atoms with E-state index in [0.29, 0.717) is 17.1 Å². The lowest BCUT2D eigenvalue weighted by Gasteiger charge is -2.12. The van der Waals surface area contributed by atoms with Gasteiger partial charge in [0.25, 0.3) is 0 Å². The van der Waals surface area contributed by atoms with Crippen LogP contribution >= 0.6 is 0 Å². The number of Topliss-reactive ketones (excluding diaryl/α,β-unsaturated/α-hetero) is 1. The molecule has 5 heteroatoms. The summed E-state index contributed by atoms with van der Waals surface area (Å²) in [5.74, 6) is 0.931. The van der Waals surface area contributed by atoms with Crippen molar-refractivity contribution < 1.29 is 23.8 Å². The van der Waals surface area contributed by atoms with Gasteiger partial charge in [-0.05, 0) is 36.8 Å². The van der Waals surface area contributed by atoms with E-state index >= 15 is 0 Å². The molecule has 2 aromatic carbocycles. The molecular weight excluding hydrogens is 296 g/mol. The number of methoxy groups -OCH3 is 1. The number of rotatable bonds is 6. The van der Waals surface area contributed by atoms with Gasteiger partial charge >= 0.3 is 5.97 Å². The van der Waals surface area contributed by atoms with E-state index in [0.717, 1.165) is 11.3 Å². The lowest BCUT2D eigenvalue weighted by Crippen LogP contribution is -2.05. The maximum absolute atomic E-state index is 11.7. The SMILES string of the molecule is COc1ccc(COc2cc(OC(C)=O)ccc2C(C)=O)cc1. The van der Waals surface area contributed by atoms with Crippen LogP contribution in [0.25, 0.3) is 0 Å². The van der Waals surface area contributed by atoms with Crippen LogP contribution in [0.5, 0.6) is 17.2 Å². The second-order valence-electron chi connectivity index (χ2n) is 4.94. The molecule has 23 heavy (non-hydrogen) atoms. The van der Waals surface area contributed by atoms with Crippen LogP contribution in [0.1, 0.15) is 29.8 Å². The minimum absolute atomic E-state index is 0.121. The molecule has 0 aliphatic carbocycles. The summed E-state index contributed by atoms with van der Waals surface area (Å²) in [4.78, 5) is 22.7. The Morgan fingerprint density at radius 2 is 1.61 bits per heavy atom. The first-order valence-electron chi connectivity index (χ1n) is 7.08. The van der Waals surface area contributed by atoms with Gasteiger partial charge in [-0.3, -0.25) is 9.59 Å². The van der Waals surface area contributed by atoms with Crippen molar-refractivity contribution in [3.05, 3.63) is 53.6 Å². The van der Waals surface area contributed by atoms with Crippen LogP contribution in [0.2, 0.25) is 0 Å². The number of hydrogen-bond donors (Lipinski definition) is 0. The molecule has 0 aliphatic heterocycles. The van der Waals surface area contributed by atoms with E-state index < -0.39 is 5.97 Å². The van der Waals surface area contributed by atoms with Gasteiger partial charge in [-0.1, -0.05) is 12.1 Å². The summed E-state index contributed by atoms with van der Waals surface area (Å²) in [6.45, 7) is 3.06. The Bertz CT molecular complexity index is 704. The van der Waals surface area contributed by atoms with Crippen molar-refractivity contribution in [1.29, 1.82) is 0 Å². The van der Waals surface area contributed by atoms with Crippen LogP contribution in [-0.2, 0) is 11.4 Å². The minimum atomic E-state index is -0.429. The molecule has 0 amide bonds. The molecule has 0 bridgehead atoms. The molecular formula is C18H18O5. The van der Waals surface area contributed by atoms with Crippen LogP contribution in [0.4, 0.5) is 0 Å². The normalized spacial score (nSPS) is 10.0. The van der Waals surface area contributed by atoms with Gasteiger partial charge in [0.15, 0.2) is 5.78 Å². The molecule has 0 N–H and O–H groups in total. The molecule has 0 aromatic heterocycles. The smallest absolute Gasteiger partial charge is 0.308 e. The lowest BCUT2D eigenvalue weighted by molar-refractivity contribution is -0.131. The first-order valence-corrected chi connectivity index (χ1v) is 7.08. The van der Waals surface area contributed by atoms with Crippen LogP contribution < -0.4 is 14.2 Å². The van der Waals surface area contributed by atoms with Gasteiger partial charge in [0.2, 0.25) is 0 Å². The summed E-state index contributed by atoms with van der Waals surface area (Å²) in [6, 6.07) is 12.1. The van der Waals surface area contributed by atoms with E-state index in [9.17, 15) is 9.59 Å². The van der Waals surface area contributed by atoms with Crippen molar-refractivity contribution in [2.24, 2.45) is 0 Å². The average molecular weight is 314 g/mol. The first kappa shape index (κ1) is 16.5. The number of ketones is 1. The van der Waals surface area contributed by atoms with Crippen LogP contribution in [0.15, 0.2) is 42.5 Å². The highest BCUT2D eigenvalue weighted by atomic mass is 16.5. The van der Waals surface area contributed by atoms with E-state index in [1.54, 1.807) is 25.3 Å². The van der Waals surface area contributed by atoms with Gasteiger partial charge in [-0.25, -0.2) is 0 Å². The Morgan fingerprint density at radius 3 is 2.17 bits per heavy atom. The number of hydrogen-bond acceptors (Lipinski definition) is 5. The molecule has 0 radical (unpaired) electrons. The monoisotopic (exact) mass is 314 g/mol. The summed E-state index contributed by atoms with van der Waals surface area (Å²) in [7, 11) is 1.60. The predicted molar refractivity (Wildman–Crippen MR) is 85.1 cm³/mol. The summed E-state index contributed by atoms with van der Waals surface area (Å²) in [5.41, 5.74) is 1.37. The largest absolute Gasteiger partial charge is 0.497 e. The van der Waals surface area contributed by atoms with Crippen molar-refractivity contribution in [2.75, 3.05) is 7.11 Å². The molecule has 2 aromatic rings. The van der Waals surface area contributed by atoms with E-state index in [1.807, 2.05) is 24.3 Å². The van der Waals surface area contributed by atoms with Gasteiger partial charge in [-0.15, -0.1) is 0 Å². The maximum atomic E-state index is 11.7. The quantitative estimate of drug-likeness (QED) is 0.464. The van der Waals surface area contributed by atoms with Gasteiger partial charge in [-0.2, -0.15) is 0 Å². The Hall–Kier alpha value is -2.82. The topological polar surface area (TPSA) is 61.8 Å². The fraction of sp³-hybridized carbons (Fsp3) is 0.222. The zero-order valence-electron chi connectivity index (χ0n) is 13.3. The third-order valence-electron chi connectivity index (χ3n) is 3.15. The zero-order chi connectivity index (χ0) is 16.8. The predicted octanol–water partition coefficient (Wildman–Crippen LogP) is 3.40. The van der Waals surface area contributed by atoms with Crippen LogP contribution in [0.3, 0.4) is 0 Å². The van der Waals surface area contributed by atoms with Crippen molar-refractivity contribution in [2.45, 2.75) is 20.5 Å². The summed E-state index contributed by atoms with van der Waals surface area (Å²) in [6.07, 6.45) is 0. The number of benzene rings is 2. The molecule has 5 nitrogen and oxygen atoms in total. The van der Waals surface area contributed by atoms with Gasteiger partial charge in [0.1, 0.15) is 23.9 Å². The summed E-state index contributed by atoms with van der Waals surface area (Å²) < 4.78 is 15.9. The van der Waals surface area contributed by atoms with E-state index in [4.69, 9.17) is 14.2 Å². The second kappa shape index (κ2) is 7.45. The fourth-order valence-electron chi connectivity index (χ4n) is 2.03. The second-order valence-corrected chi connectivity index (χ2v) is 4.94. The molecule has 0 atom stereocenters. The third kappa shape index (κ3) is 4.57. The lowest BCUT2D eigenvalue weighted by atomic mass is 10.1. The van der Waals surface area contributed by atoms with Crippen molar-refractivity contribution in [3.8, 4) is 17.2 Å². The van der Waals surface area contributed by atoms with E-state index in [1.165, 1.54) is 13.8 Å². The van der Waals surface area contributed by atoms with Crippen molar-refractivity contribution >= 4 is 11.8 Å². The highest BCUT2D eigenvalue weighted by Gasteiger charge is 2.11. The van der Waals surface area contributed by atoms with Gasteiger partial charge in [0, 0.05) is 13.0 Å². The molecule has 0 saturated carbocycles. The minimum Gasteiger partial charge on any atom is -0.497 e. The van der Waals surface area contributed by atoms with Gasteiger partial charge in [0.05, 0.1) is 12.7 Å². The molecule has 0 heterocycles. The Morgan fingerprint density at radius 1 is 0.957 bits per heavy atom. The average Bonchev–Trinajstić information content (AvgIpc) is 2.52. The number of carbonyl (C=O) groups excluding carboxylic acids is 2. The Labute approximate surface area is 134 Å². The molecule has 0 unspecified atom stereocenters. The first-order chi connectivity index (χ1) is 11.0. The number of esters is 1. The van der Waals surface area contributed by atoms with E-state index in [-0.39, 0.29) is 12.4 Å². The molecule has 0 fully saturated rings. The van der Waals surface area contributed by atoms with Crippen molar-refractivity contribution in [1.82, 2.24) is 0 Å². The number of carbonyl (C=O) groups is 2. The molecule has 0 aliphatic rings. The Kier molecular flexibility index (Phi) is 5.36. The summed E-state index contributed by atoms with van der Waals surface area (Å²) >= 11 is 0. The molecule has 2 rings (SSSR count). The highest BCUT2D eigenvalue weighted by molar-refractivity contribution is 5.97. The standard InChI is InChI=1S/C18H18O5/c1-12(19)17-9-8-16(23-13(2)20)10-18(17)22-11-14-4-6-15(21-3)7-5-14/h4-10H,11H2,1-3H3. The zero-order valence-corrected chi connectivity index (χ0v) is 13.3. The highest BCUT2D eigenvalue weighted by Crippen LogP contribution is 2.26. The molecule has 120 valence electrons. The maximum Gasteiger partial charge on any atom is 0.308 e. The third-order valence-corrected chi connectivity index (χ3v) is 3.15. The number of ether oxygens (including phenoxy) is 3. The van der Waals surface area contributed by atoms with Crippen LogP contribution in [-0.4, -0.2) is 18.9 Å². The fourth-order valence-corrected chi connectivity index (χ4v) is 2.03. The summed E-state index contributed by atoms with van der Waals surface area (Å²) in [5, 5.41) is 0. The van der Waals surface area contributed by atoms with E-state index in [2.05, 4.69) is 0 Å². The molecule has 0 spiro atoms. The molecule has 0 saturated heterocycles. The Balaban J connectivity index is 2.18.